The summed E-state index contributed by atoms with van der Waals surface area (Å²) in [7, 11) is 4.04. The van der Waals surface area contributed by atoms with Gasteiger partial charge in [-0.05, 0) is 74.6 Å². The molecule has 1 unspecified atom stereocenters. The molecule has 0 radical (unpaired) electrons. The second-order valence-electron chi connectivity index (χ2n) is 8.86. The highest BCUT2D eigenvalue weighted by Crippen LogP contribution is 2.37. The standard InChI is InChI=1S/C28H29ClN4O2/c1-19(34)33(17-7-16-32(2)3)23-13-11-22(12-14-23)30-27(20-8-5-4-6-9-20)26-24-15-10-21(29)18-25(24)31-28(26)35/h4-6,8-15,18,26H,7,16-17H2,1-3H3,(H,31,35). The molecule has 0 saturated carbocycles. The van der Waals surface area contributed by atoms with E-state index in [4.69, 9.17) is 16.6 Å². The summed E-state index contributed by atoms with van der Waals surface area (Å²) in [6.45, 7) is 3.13. The summed E-state index contributed by atoms with van der Waals surface area (Å²) in [5, 5.41) is 3.51. The Labute approximate surface area is 211 Å². The first-order valence-electron chi connectivity index (χ1n) is 11.6. The molecule has 0 aliphatic carbocycles. The van der Waals surface area contributed by atoms with Gasteiger partial charge in [-0.2, -0.15) is 0 Å². The fourth-order valence-electron chi connectivity index (χ4n) is 4.27. The van der Waals surface area contributed by atoms with E-state index in [1.807, 2.05) is 74.8 Å². The average Bonchev–Trinajstić information content (AvgIpc) is 3.15. The predicted octanol–water partition coefficient (Wildman–Crippen LogP) is 5.50. The molecule has 1 atom stereocenters. The Kier molecular flexibility index (Phi) is 7.63. The van der Waals surface area contributed by atoms with Crippen molar-refractivity contribution in [1.82, 2.24) is 4.90 Å². The van der Waals surface area contributed by atoms with Gasteiger partial charge in [0.2, 0.25) is 11.8 Å². The Morgan fingerprint density at radius 3 is 2.37 bits per heavy atom. The molecule has 6 nitrogen and oxygen atoms in total. The predicted molar refractivity (Wildman–Crippen MR) is 143 cm³/mol. The molecule has 1 aliphatic rings. The number of rotatable bonds is 8. The summed E-state index contributed by atoms with van der Waals surface area (Å²) < 4.78 is 0. The number of anilines is 2. The minimum Gasteiger partial charge on any atom is -0.325 e. The van der Waals surface area contributed by atoms with Gasteiger partial charge in [0.25, 0.3) is 0 Å². The van der Waals surface area contributed by atoms with E-state index >= 15 is 0 Å². The number of hydrogen-bond donors (Lipinski definition) is 1. The Balaban J connectivity index is 1.68. The highest BCUT2D eigenvalue weighted by molar-refractivity contribution is 6.31. The second kappa shape index (κ2) is 10.8. The minimum atomic E-state index is -0.552. The van der Waals surface area contributed by atoms with Crippen LogP contribution in [0.3, 0.4) is 0 Å². The van der Waals surface area contributed by atoms with Gasteiger partial charge in [0.15, 0.2) is 0 Å². The third-order valence-corrected chi connectivity index (χ3v) is 6.20. The Morgan fingerprint density at radius 2 is 1.71 bits per heavy atom. The molecular formula is C28H29ClN4O2. The number of aliphatic imine (C=N–C) groups is 1. The molecule has 0 spiro atoms. The third kappa shape index (κ3) is 5.78. The van der Waals surface area contributed by atoms with Gasteiger partial charge in [-0.1, -0.05) is 48.0 Å². The summed E-state index contributed by atoms with van der Waals surface area (Å²) in [6.07, 6.45) is 0.880. The summed E-state index contributed by atoms with van der Waals surface area (Å²) >= 11 is 6.14. The molecule has 0 saturated heterocycles. The minimum absolute atomic E-state index is 0.00266. The van der Waals surface area contributed by atoms with Gasteiger partial charge in [0, 0.05) is 29.9 Å². The number of hydrogen-bond acceptors (Lipinski definition) is 4. The van der Waals surface area contributed by atoms with E-state index in [0.717, 1.165) is 29.8 Å². The highest BCUT2D eigenvalue weighted by Gasteiger charge is 2.35. The fourth-order valence-corrected chi connectivity index (χ4v) is 4.44. The molecule has 0 fully saturated rings. The van der Waals surface area contributed by atoms with Crippen molar-refractivity contribution in [2.45, 2.75) is 19.3 Å². The molecule has 2 amide bonds. The summed E-state index contributed by atoms with van der Waals surface area (Å²) in [4.78, 5) is 34.1. The first kappa shape index (κ1) is 24.6. The van der Waals surface area contributed by atoms with Gasteiger partial charge in [-0.15, -0.1) is 0 Å². The molecule has 4 rings (SSSR count). The Hall–Kier alpha value is -3.48. The van der Waals surface area contributed by atoms with Gasteiger partial charge in [-0.25, -0.2) is 0 Å². The number of benzene rings is 3. The summed E-state index contributed by atoms with van der Waals surface area (Å²) in [6, 6.07) is 22.7. The number of halogens is 1. The molecule has 0 bridgehead atoms. The molecule has 180 valence electrons. The van der Waals surface area contributed by atoms with Crippen molar-refractivity contribution in [1.29, 1.82) is 0 Å². The van der Waals surface area contributed by atoms with Crippen LogP contribution < -0.4 is 10.2 Å². The van der Waals surface area contributed by atoms with Gasteiger partial charge in [-0.3, -0.25) is 14.6 Å². The third-order valence-electron chi connectivity index (χ3n) is 5.97. The van der Waals surface area contributed by atoms with Gasteiger partial charge < -0.3 is 15.1 Å². The van der Waals surface area contributed by atoms with Gasteiger partial charge in [0.1, 0.15) is 5.92 Å². The van der Waals surface area contributed by atoms with Crippen LogP contribution in [0.1, 0.15) is 30.4 Å². The first-order chi connectivity index (χ1) is 16.8. The Morgan fingerprint density at radius 1 is 1.00 bits per heavy atom. The quantitative estimate of drug-likeness (QED) is 0.426. The zero-order valence-corrected chi connectivity index (χ0v) is 20.9. The number of carbonyl (C=O) groups excluding carboxylic acids is 2. The summed E-state index contributed by atoms with van der Waals surface area (Å²) in [5.41, 5.74) is 4.62. The van der Waals surface area contributed by atoms with Gasteiger partial charge >= 0.3 is 0 Å². The number of carbonyl (C=O) groups is 2. The number of amides is 2. The lowest BCUT2D eigenvalue weighted by atomic mass is 9.90. The largest absolute Gasteiger partial charge is 0.325 e. The van der Waals surface area contributed by atoms with Crippen molar-refractivity contribution in [2.24, 2.45) is 4.99 Å². The van der Waals surface area contributed by atoms with E-state index < -0.39 is 5.92 Å². The maximum atomic E-state index is 13.0. The Bertz CT molecular complexity index is 1240. The average molecular weight is 489 g/mol. The van der Waals surface area contributed by atoms with Crippen LogP contribution in [0.4, 0.5) is 17.1 Å². The van der Waals surface area contributed by atoms with Crippen LogP contribution in [0.5, 0.6) is 0 Å². The molecule has 1 aliphatic heterocycles. The zero-order valence-electron chi connectivity index (χ0n) is 20.2. The molecule has 3 aromatic rings. The van der Waals surface area contributed by atoms with Crippen LogP contribution in [-0.2, 0) is 9.59 Å². The van der Waals surface area contributed by atoms with Crippen molar-refractivity contribution in [2.75, 3.05) is 37.4 Å². The fraction of sp³-hybridized carbons (Fsp3) is 0.250. The second-order valence-corrected chi connectivity index (χ2v) is 9.30. The molecule has 7 heteroatoms. The normalized spacial score (nSPS) is 15.2. The van der Waals surface area contributed by atoms with Crippen molar-refractivity contribution in [3.05, 3.63) is 88.9 Å². The number of nitrogens with zero attached hydrogens (tertiary/aromatic N) is 3. The van der Waals surface area contributed by atoms with Crippen LogP contribution in [0.2, 0.25) is 5.02 Å². The SMILES string of the molecule is CC(=O)N(CCCN(C)C)c1ccc(N=C(c2ccccc2)C2C(=O)Nc3cc(Cl)ccc32)cc1. The van der Waals surface area contributed by atoms with E-state index in [1.165, 1.54) is 0 Å². The number of fused-ring (bicyclic) bond motifs is 1. The van der Waals surface area contributed by atoms with Crippen LogP contribution in [0.25, 0.3) is 0 Å². The summed E-state index contributed by atoms with van der Waals surface area (Å²) in [5.74, 6) is -0.683. The first-order valence-corrected chi connectivity index (χ1v) is 12.0. The molecule has 1 N–H and O–H groups in total. The van der Waals surface area contributed by atoms with Crippen LogP contribution in [0, 0.1) is 0 Å². The van der Waals surface area contributed by atoms with Gasteiger partial charge in [0.05, 0.1) is 11.4 Å². The van der Waals surface area contributed by atoms with Crippen LogP contribution >= 0.6 is 11.6 Å². The van der Waals surface area contributed by atoms with Crippen molar-refractivity contribution in [3.63, 3.8) is 0 Å². The lowest BCUT2D eigenvalue weighted by Crippen LogP contribution is -2.31. The molecule has 1 heterocycles. The van der Waals surface area contributed by atoms with E-state index in [1.54, 1.807) is 24.0 Å². The van der Waals surface area contributed by atoms with Crippen molar-refractivity contribution < 1.29 is 9.59 Å². The van der Waals surface area contributed by atoms with E-state index in [9.17, 15) is 9.59 Å². The van der Waals surface area contributed by atoms with E-state index in [-0.39, 0.29) is 11.8 Å². The van der Waals surface area contributed by atoms with Crippen LogP contribution in [-0.4, -0.2) is 49.6 Å². The zero-order chi connectivity index (χ0) is 24.9. The maximum absolute atomic E-state index is 13.0. The van der Waals surface area contributed by atoms with E-state index in [0.29, 0.717) is 28.7 Å². The lowest BCUT2D eigenvalue weighted by Gasteiger charge is -2.22. The molecule has 3 aromatic carbocycles. The van der Waals surface area contributed by atoms with E-state index in [2.05, 4.69) is 10.2 Å². The smallest absolute Gasteiger partial charge is 0.238 e. The van der Waals surface area contributed by atoms with Crippen molar-refractivity contribution in [3.8, 4) is 0 Å². The van der Waals surface area contributed by atoms with Crippen LogP contribution in [0.15, 0.2) is 77.8 Å². The molecule has 0 aromatic heterocycles. The molecule has 35 heavy (non-hydrogen) atoms. The maximum Gasteiger partial charge on any atom is 0.238 e. The topological polar surface area (TPSA) is 65.0 Å². The number of nitrogens with one attached hydrogen (secondary N) is 1. The molecular weight excluding hydrogens is 460 g/mol. The monoisotopic (exact) mass is 488 g/mol. The highest BCUT2D eigenvalue weighted by atomic mass is 35.5. The lowest BCUT2D eigenvalue weighted by molar-refractivity contribution is -0.117. The van der Waals surface area contributed by atoms with Crippen molar-refractivity contribution >= 4 is 46.2 Å².